The van der Waals surface area contributed by atoms with Gasteiger partial charge in [-0.25, -0.2) is 5.43 Å². The van der Waals surface area contributed by atoms with Crippen molar-refractivity contribution in [2.45, 2.75) is 38.1 Å². The van der Waals surface area contributed by atoms with Crippen LogP contribution in [0, 0.1) is 0 Å². The van der Waals surface area contributed by atoms with E-state index in [9.17, 15) is 0 Å². The number of pyridine rings is 1. The summed E-state index contributed by atoms with van der Waals surface area (Å²) in [5, 5.41) is 2.40. The van der Waals surface area contributed by atoms with Crippen LogP contribution >= 0.6 is 0 Å². The molecular weight excluding hydrogens is 246 g/mol. The average Bonchev–Trinajstić information content (AvgIpc) is 2.78. The lowest BCUT2D eigenvalue weighted by molar-refractivity contribution is 0.584. The zero-order chi connectivity index (χ0) is 13.8. The molecule has 0 saturated heterocycles. The number of allylic oxidation sites excluding steroid dienone is 1. The molecule has 1 aromatic heterocycles. The number of fused-ring (bicyclic) bond motifs is 1. The molecule has 1 heterocycles. The summed E-state index contributed by atoms with van der Waals surface area (Å²) < 4.78 is 0. The molecule has 0 bridgehead atoms. The number of rotatable bonds is 3. The van der Waals surface area contributed by atoms with Crippen molar-refractivity contribution in [3.63, 3.8) is 0 Å². The van der Waals surface area contributed by atoms with E-state index in [1.807, 2.05) is 12.3 Å². The molecule has 3 N–H and O–H groups in total. The van der Waals surface area contributed by atoms with Gasteiger partial charge in [-0.05, 0) is 37.1 Å². The summed E-state index contributed by atoms with van der Waals surface area (Å²) in [5.41, 5.74) is 5.40. The number of nitrogens with one attached hydrogen (secondary N) is 1. The highest BCUT2D eigenvalue weighted by molar-refractivity contribution is 5.85. The molecule has 3 nitrogen and oxygen atoms in total. The molecule has 0 radical (unpaired) electrons. The van der Waals surface area contributed by atoms with Crippen molar-refractivity contribution in [1.29, 1.82) is 0 Å². The molecular formula is C17H21N3. The van der Waals surface area contributed by atoms with Crippen molar-refractivity contribution in [1.82, 2.24) is 10.4 Å². The Labute approximate surface area is 119 Å². The fourth-order valence-corrected chi connectivity index (χ4v) is 3.04. The number of hydrogen-bond donors (Lipinski definition) is 2. The van der Waals surface area contributed by atoms with Crippen LogP contribution in [-0.2, 0) is 0 Å². The van der Waals surface area contributed by atoms with Crippen LogP contribution in [0.25, 0.3) is 10.8 Å². The second-order valence-corrected chi connectivity index (χ2v) is 5.40. The molecule has 3 heteroatoms. The Kier molecular flexibility index (Phi) is 4.09. The van der Waals surface area contributed by atoms with E-state index in [-0.39, 0.29) is 6.04 Å². The molecule has 0 fully saturated rings. The molecule has 1 aliphatic rings. The molecule has 3 rings (SSSR count). The highest BCUT2D eigenvalue weighted by atomic mass is 15.2. The zero-order valence-electron chi connectivity index (χ0n) is 11.7. The highest BCUT2D eigenvalue weighted by Crippen LogP contribution is 2.31. The summed E-state index contributed by atoms with van der Waals surface area (Å²) in [6.07, 6.45) is 10.3. The normalized spacial score (nSPS) is 17.6. The van der Waals surface area contributed by atoms with Crippen LogP contribution in [0.3, 0.4) is 0 Å². The van der Waals surface area contributed by atoms with Gasteiger partial charge in [0, 0.05) is 11.6 Å². The van der Waals surface area contributed by atoms with E-state index in [0.717, 1.165) is 18.5 Å². The van der Waals surface area contributed by atoms with Crippen molar-refractivity contribution in [2.24, 2.45) is 5.84 Å². The number of nitrogens with two attached hydrogens (primary N) is 1. The summed E-state index contributed by atoms with van der Waals surface area (Å²) in [6.45, 7) is 0. The monoisotopic (exact) mass is 267 g/mol. The van der Waals surface area contributed by atoms with Crippen LogP contribution < -0.4 is 11.3 Å². The molecule has 0 saturated carbocycles. The van der Waals surface area contributed by atoms with E-state index in [2.05, 4.69) is 40.8 Å². The van der Waals surface area contributed by atoms with E-state index in [1.165, 1.54) is 35.6 Å². The standard InChI is InChI=1S/C17H21N3/c18-20-16(14-8-3-1-2-4-9-14)17-15-10-6-5-7-13(15)11-12-19-17/h5-8,10-12,16,20H,1-4,9,18H2. The lowest BCUT2D eigenvalue weighted by Gasteiger charge is -2.20. The van der Waals surface area contributed by atoms with E-state index in [4.69, 9.17) is 5.84 Å². The Morgan fingerprint density at radius 3 is 2.90 bits per heavy atom. The maximum atomic E-state index is 5.85. The third-order valence-corrected chi connectivity index (χ3v) is 4.09. The molecule has 0 aliphatic heterocycles. The molecule has 0 amide bonds. The van der Waals surface area contributed by atoms with Gasteiger partial charge in [-0.15, -0.1) is 0 Å². The summed E-state index contributed by atoms with van der Waals surface area (Å²) >= 11 is 0. The Bertz CT molecular complexity index is 613. The minimum atomic E-state index is 0.0270. The number of benzene rings is 1. The number of aromatic nitrogens is 1. The number of hydrogen-bond acceptors (Lipinski definition) is 3. The van der Waals surface area contributed by atoms with Gasteiger partial charge in [0.1, 0.15) is 0 Å². The van der Waals surface area contributed by atoms with Gasteiger partial charge in [0.25, 0.3) is 0 Å². The fourth-order valence-electron chi connectivity index (χ4n) is 3.04. The van der Waals surface area contributed by atoms with Gasteiger partial charge in [-0.2, -0.15) is 0 Å². The number of nitrogens with zero attached hydrogens (tertiary/aromatic N) is 1. The predicted molar refractivity (Wildman–Crippen MR) is 83.0 cm³/mol. The Morgan fingerprint density at radius 2 is 2.00 bits per heavy atom. The minimum Gasteiger partial charge on any atom is -0.271 e. The van der Waals surface area contributed by atoms with Crippen molar-refractivity contribution in [3.05, 3.63) is 53.9 Å². The van der Waals surface area contributed by atoms with Gasteiger partial charge >= 0.3 is 0 Å². The molecule has 20 heavy (non-hydrogen) atoms. The van der Waals surface area contributed by atoms with Gasteiger partial charge in [0.05, 0.1) is 11.7 Å². The van der Waals surface area contributed by atoms with Crippen LogP contribution in [0.5, 0.6) is 0 Å². The zero-order valence-corrected chi connectivity index (χ0v) is 11.7. The van der Waals surface area contributed by atoms with Gasteiger partial charge in [-0.1, -0.05) is 42.3 Å². The minimum absolute atomic E-state index is 0.0270. The van der Waals surface area contributed by atoms with Crippen LogP contribution in [-0.4, -0.2) is 4.98 Å². The third-order valence-electron chi connectivity index (χ3n) is 4.09. The van der Waals surface area contributed by atoms with Crippen molar-refractivity contribution >= 4 is 10.8 Å². The van der Waals surface area contributed by atoms with E-state index in [0.29, 0.717) is 0 Å². The summed E-state index contributed by atoms with van der Waals surface area (Å²) in [7, 11) is 0. The molecule has 2 aromatic rings. The lowest BCUT2D eigenvalue weighted by Crippen LogP contribution is -2.30. The third kappa shape index (κ3) is 2.60. The second kappa shape index (κ2) is 6.16. The first-order chi connectivity index (χ1) is 9.90. The molecule has 1 aliphatic carbocycles. The predicted octanol–water partition coefficient (Wildman–Crippen LogP) is 3.63. The highest BCUT2D eigenvalue weighted by Gasteiger charge is 2.19. The lowest BCUT2D eigenvalue weighted by atomic mass is 9.96. The Balaban J connectivity index is 2.05. The van der Waals surface area contributed by atoms with E-state index < -0.39 is 0 Å². The summed E-state index contributed by atoms with van der Waals surface area (Å²) in [5.74, 6) is 5.85. The van der Waals surface area contributed by atoms with E-state index >= 15 is 0 Å². The summed E-state index contributed by atoms with van der Waals surface area (Å²) in [4.78, 5) is 4.60. The quantitative estimate of drug-likeness (QED) is 0.507. The molecule has 1 unspecified atom stereocenters. The number of hydrazine groups is 1. The maximum absolute atomic E-state index is 5.85. The van der Waals surface area contributed by atoms with Gasteiger partial charge < -0.3 is 0 Å². The largest absolute Gasteiger partial charge is 0.271 e. The van der Waals surface area contributed by atoms with E-state index in [1.54, 1.807) is 0 Å². The van der Waals surface area contributed by atoms with Gasteiger partial charge in [0.2, 0.25) is 0 Å². The Morgan fingerprint density at radius 1 is 1.10 bits per heavy atom. The first-order valence-corrected chi connectivity index (χ1v) is 7.39. The molecule has 0 spiro atoms. The van der Waals surface area contributed by atoms with Crippen LogP contribution in [0.1, 0.15) is 43.8 Å². The van der Waals surface area contributed by atoms with Crippen LogP contribution in [0.4, 0.5) is 0 Å². The smallest absolute Gasteiger partial charge is 0.0847 e. The first kappa shape index (κ1) is 13.3. The van der Waals surface area contributed by atoms with Crippen molar-refractivity contribution < 1.29 is 0 Å². The topological polar surface area (TPSA) is 50.9 Å². The average molecular weight is 267 g/mol. The van der Waals surface area contributed by atoms with Crippen molar-refractivity contribution in [3.8, 4) is 0 Å². The Hall–Kier alpha value is -1.71. The van der Waals surface area contributed by atoms with Crippen LogP contribution in [0.2, 0.25) is 0 Å². The molecule has 1 aromatic carbocycles. The summed E-state index contributed by atoms with van der Waals surface area (Å²) in [6, 6.07) is 10.4. The second-order valence-electron chi connectivity index (χ2n) is 5.40. The van der Waals surface area contributed by atoms with Gasteiger partial charge in [-0.3, -0.25) is 10.8 Å². The van der Waals surface area contributed by atoms with Crippen LogP contribution in [0.15, 0.2) is 48.2 Å². The fraction of sp³-hybridized carbons (Fsp3) is 0.353. The molecule has 104 valence electrons. The van der Waals surface area contributed by atoms with Gasteiger partial charge in [0.15, 0.2) is 0 Å². The molecule has 1 atom stereocenters. The van der Waals surface area contributed by atoms with Crippen molar-refractivity contribution in [2.75, 3.05) is 0 Å². The SMILES string of the molecule is NNC(C1=CCCCCC1)c1nccc2ccccc12. The first-order valence-electron chi connectivity index (χ1n) is 7.39. The maximum Gasteiger partial charge on any atom is 0.0847 e.